The van der Waals surface area contributed by atoms with Crippen molar-refractivity contribution in [2.45, 2.75) is 32.6 Å². The van der Waals surface area contributed by atoms with Gasteiger partial charge in [-0.05, 0) is 24.6 Å². The Morgan fingerprint density at radius 2 is 1.73 bits per heavy atom. The van der Waals surface area contributed by atoms with E-state index in [0.29, 0.717) is 22.0 Å². The van der Waals surface area contributed by atoms with Crippen molar-refractivity contribution < 1.29 is 4.79 Å². The van der Waals surface area contributed by atoms with Crippen molar-refractivity contribution >= 4 is 29.0 Å². The summed E-state index contributed by atoms with van der Waals surface area (Å²) in [4.78, 5) is 11.7. The van der Waals surface area contributed by atoms with Crippen LogP contribution in [0.1, 0.15) is 43.0 Å². The lowest BCUT2D eigenvalue weighted by Crippen LogP contribution is -1.98. The van der Waals surface area contributed by atoms with E-state index in [4.69, 9.17) is 23.2 Å². The molecule has 0 aliphatic rings. The summed E-state index contributed by atoms with van der Waals surface area (Å²) in [6.07, 6.45) is 3.70. The Labute approximate surface area is 100 Å². The van der Waals surface area contributed by atoms with Gasteiger partial charge < -0.3 is 0 Å². The van der Waals surface area contributed by atoms with Gasteiger partial charge in [-0.3, -0.25) is 4.79 Å². The zero-order valence-electron chi connectivity index (χ0n) is 8.72. The quantitative estimate of drug-likeness (QED) is 0.540. The van der Waals surface area contributed by atoms with Crippen LogP contribution in [0.25, 0.3) is 0 Å². The molecule has 0 saturated heterocycles. The Kier molecular flexibility index (Phi) is 5.13. The monoisotopic (exact) mass is 244 g/mol. The van der Waals surface area contributed by atoms with E-state index < -0.39 is 0 Å². The van der Waals surface area contributed by atoms with Gasteiger partial charge in [0.15, 0.2) is 5.78 Å². The maximum atomic E-state index is 11.7. The fraction of sp³-hybridized carbons (Fsp3) is 0.417. The molecule has 0 atom stereocenters. The molecule has 0 aliphatic heterocycles. The molecular formula is C12H14Cl2O. The SMILES string of the molecule is CCCCCC(=O)c1cc(Cl)cc(Cl)c1. The van der Waals surface area contributed by atoms with Crippen molar-refractivity contribution in [2.24, 2.45) is 0 Å². The summed E-state index contributed by atoms with van der Waals surface area (Å²) >= 11 is 11.6. The second-order valence-electron chi connectivity index (χ2n) is 3.54. The van der Waals surface area contributed by atoms with Crippen LogP contribution < -0.4 is 0 Å². The highest BCUT2D eigenvalue weighted by Gasteiger charge is 2.07. The van der Waals surface area contributed by atoms with Crippen molar-refractivity contribution in [1.29, 1.82) is 0 Å². The first-order valence-electron chi connectivity index (χ1n) is 5.12. The van der Waals surface area contributed by atoms with Crippen LogP contribution in [0.2, 0.25) is 10.0 Å². The van der Waals surface area contributed by atoms with Gasteiger partial charge in [0.2, 0.25) is 0 Å². The number of halogens is 2. The van der Waals surface area contributed by atoms with E-state index in [1.807, 2.05) is 0 Å². The molecule has 1 aromatic rings. The number of benzene rings is 1. The fourth-order valence-electron chi connectivity index (χ4n) is 1.39. The minimum atomic E-state index is 0.118. The predicted octanol–water partition coefficient (Wildman–Crippen LogP) is 4.76. The lowest BCUT2D eigenvalue weighted by molar-refractivity contribution is 0.0979. The van der Waals surface area contributed by atoms with Gasteiger partial charge in [-0.15, -0.1) is 0 Å². The molecule has 0 unspecified atom stereocenters. The van der Waals surface area contributed by atoms with Crippen molar-refractivity contribution in [3.8, 4) is 0 Å². The van der Waals surface area contributed by atoms with E-state index in [1.54, 1.807) is 18.2 Å². The molecule has 82 valence electrons. The predicted molar refractivity (Wildman–Crippen MR) is 64.9 cm³/mol. The summed E-state index contributed by atoms with van der Waals surface area (Å²) in [5.41, 5.74) is 0.614. The lowest BCUT2D eigenvalue weighted by Gasteiger charge is -2.02. The molecule has 0 bridgehead atoms. The standard InChI is InChI=1S/C12H14Cl2O/c1-2-3-4-5-12(15)9-6-10(13)8-11(14)7-9/h6-8H,2-5H2,1H3. The lowest BCUT2D eigenvalue weighted by atomic mass is 10.1. The Hall–Kier alpha value is -0.530. The Bertz CT molecular complexity index is 327. The van der Waals surface area contributed by atoms with E-state index in [9.17, 15) is 4.79 Å². The number of carbonyl (C=O) groups is 1. The number of carbonyl (C=O) groups excluding carboxylic acids is 1. The van der Waals surface area contributed by atoms with E-state index in [-0.39, 0.29) is 5.78 Å². The van der Waals surface area contributed by atoms with Gasteiger partial charge in [-0.1, -0.05) is 43.0 Å². The maximum absolute atomic E-state index is 11.7. The van der Waals surface area contributed by atoms with Crippen LogP contribution in [0, 0.1) is 0 Å². The zero-order valence-corrected chi connectivity index (χ0v) is 10.2. The average Bonchev–Trinajstić information content (AvgIpc) is 2.16. The highest BCUT2D eigenvalue weighted by Crippen LogP contribution is 2.20. The van der Waals surface area contributed by atoms with Crippen LogP contribution in [0.3, 0.4) is 0 Å². The largest absolute Gasteiger partial charge is 0.294 e. The minimum Gasteiger partial charge on any atom is -0.294 e. The topological polar surface area (TPSA) is 17.1 Å². The molecule has 0 radical (unpaired) electrons. The number of unbranched alkanes of at least 4 members (excludes halogenated alkanes) is 2. The first-order chi connectivity index (χ1) is 7.13. The molecule has 1 nitrogen and oxygen atoms in total. The first-order valence-corrected chi connectivity index (χ1v) is 5.88. The van der Waals surface area contributed by atoms with Crippen molar-refractivity contribution in [2.75, 3.05) is 0 Å². The van der Waals surface area contributed by atoms with Crippen molar-refractivity contribution in [3.05, 3.63) is 33.8 Å². The average molecular weight is 245 g/mol. The molecule has 0 aliphatic carbocycles. The summed E-state index contributed by atoms with van der Waals surface area (Å²) in [6.45, 7) is 2.11. The molecule has 0 spiro atoms. The molecular weight excluding hydrogens is 231 g/mol. The first kappa shape index (κ1) is 12.5. The van der Waals surface area contributed by atoms with E-state index in [2.05, 4.69) is 6.92 Å². The molecule has 3 heteroatoms. The zero-order chi connectivity index (χ0) is 11.3. The van der Waals surface area contributed by atoms with Crippen LogP contribution in [-0.4, -0.2) is 5.78 Å². The van der Waals surface area contributed by atoms with Crippen molar-refractivity contribution in [3.63, 3.8) is 0 Å². The third-order valence-corrected chi connectivity index (χ3v) is 2.63. The smallest absolute Gasteiger partial charge is 0.162 e. The van der Waals surface area contributed by atoms with Crippen LogP contribution in [0.5, 0.6) is 0 Å². The summed E-state index contributed by atoms with van der Waals surface area (Å²) in [5.74, 6) is 0.118. The summed E-state index contributed by atoms with van der Waals surface area (Å²) < 4.78 is 0. The fourth-order valence-corrected chi connectivity index (χ4v) is 1.92. The van der Waals surface area contributed by atoms with Gasteiger partial charge in [0.05, 0.1) is 0 Å². The van der Waals surface area contributed by atoms with Gasteiger partial charge in [0.1, 0.15) is 0 Å². The molecule has 0 amide bonds. The number of hydrogen-bond donors (Lipinski definition) is 0. The highest BCUT2D eigenvalue weighted by atomic mass is 35.5. The van der Waals surface area contributed by atoms with E-state index in [0.717, 1.165) is 19.3 Å². The van der Waals surface area contributed by atoms with Gasteiger partial charge in [-0.25, -0.2) is 0 Å². The molecule has 0 N–H and O–H groups in total. The molecule has 0 heterocycles. The molecule has 0 saturated carbocycles. The summed E-state index contributed by atoms with van der Waals surface area (Å²) in [7, 11) is 0. The number of ketones is 1. The van der Waals surface area contributed by atoms with Crippen LogP contribution in [-0.2, 0) is 0 Å². The molecule has 1 aromatic carbocycles. The Balaban J connectivity index is 2.65. The van der Waals surface area contributed by atoms with Gasteiger partial charge in [-0.2, -0.15) is 0 Å². The molecule has 0 aromatic heterocycles. The number of rotatable bonds is 5. The molecule has 15 heavy (non-hydrogen) atoms. The third kappa shape index (κ3) is 4.23. The van der Waals surface area contributed by atoms with Gasteiger partial charge in [0, 0.05) is 22.0 Å². The number of Topliss-reactive ketones (excluding diaryl/α,β-unsaturated/α-hetero) is 1. The second-order valence-corrected chi connectivity index (χ2v) is 4.41. The van der Waals surface area contributed by atoms with E-state index >= 15 is 0 Å². The van der Waals surface area contributed by atoms with Gasteiger partial charge in [0.25, 0.3) is 0 Å². The van der Waals surface area contributed by atoms with E-state index in [1.165, 1.54) is 0 Å². The van der Waals surface area contributed by atoms with Crippen LogP contribution in [0.15, 0.2) is 18.2 Å². The second kappa shape index (κ2) is 6.14. The third-order valence-electron chi connectivity index (χ3n) is 2.19. The van der Waals surface area contributed by atoms with Gasteiger partial charge >= 0.3 is 0 Å². The van der Waals surface area contributed by atoms with Crippen LogP contribution >= 0.6 is 23.2 Å². The van der Waals surface area contributed by atoms with Crippen LogP contribution in [0.4, 0.5) is 0 Å². The molecule has 0 fully saturated rings. The van der Waals surface area contributed by atoms with Crippen molar-refractivity contribution in [1.82, 2.24) is 0 Å². The normalized spacial score (nSPS) is 10.3. The Morgan fingerprint density at radius 1 is 1.13 bits per heavy atom. The highest BCUT2D eigenvalue weighted by molar-refractivity contribution is 6.35. The number of hydrogen-bond acceptors (Lipinski definition) is 1. The molecule has 1 rings (SSSR count). The summed E-state index contributed by atoms with van der Waals surface area (Å²) in [5, 5.41) is 1.03. The maximum Gasteiger partial charge on any atom is 0.162 e. The summed E-state index contributed by atoms with van der Waals surface area (Å²) in [6, 6.07) is 4.97. The minimum absolute atomic E-state index is 0.118. The Morgan fingerprint density at radius 3 is 2.27 bits per heavy atom.